The molecule has 1 N–H and O–H groups in total. The molecule has 0 aromatic heterocycles. The molecule has 0 amide bonds. The van der Waals surface area contributed by atoms with Gasteiger partial charge >= 0.3 is 0 Å². The van der Waals surface area contributed by atoms with Crippen LogP contribution in [0.25, 0.3) is 0 Å². The smallest absolute Gasteiger partial charge is 0.129 e. The van der Waals surface area contributed by atoms with E-state index in [4.69, 9.17) is 23.2 Å². The highest BCUT2D eigenvalue weighted by Crippen LogP contribution is 2.30. The summed E-state index contributed by atoms with van der Waals surface area (Å²) in [4.78, 5) is 0. The molecule has 2 aromatic carbocycles. The van der Waals surface area contributed by atoms with Crippen LogP contribution in [0.3, 0.4) is 0 Å². The summed E-state index contributed by atoms with van der Waals surface area (Å²) in [5.41, 5.74) is 2.61. The molecule has 2 rings (SSSR count). The molecule has 1 atom stereocenters. The maximum atomic E-state index is 14.2. The summed E-state index contributed by atoms with van der Waals surface area (Å²) in [7, 11) is 0. The van der Waals surface area contributed by atoms with E-state index in [1.54, 1.807) is 12.1 Å². The third-order valence-corrected chi connectivity index (χ3v) is 3.70. The second kappa shape index (κ2) is 6.57. The van der Waals surface area contributed by atoms with E-state index in [9.17, 15) is 4.39 Å². The van der Waals surface area contributed by atoms with Gasteiger partial charge in [0.15, 0.2) is 0 Å². The normalized spacial score (nSPS) is 12.4. The van der Waals surface area contributed by atoms with Crippen molar-refractivity contribution in [2.45, 2.75) is 19.9 Å². The fourth-order valence-corrected chi connectivity index (χ4v) is 2.59. The SMILES string of the molecule is CCNC(c1cc(Cl)ccc1C)c1ccc(Cl)cc1F. The zero-order valence-corrected chi connectivity index (χ0v) is 12.9. The number of halogens is 3. The van der Waals surface area contributed by atoms with Gasteiger partial charge in [0.05, 0.1) is 6.04 Å². The van der Waals surface area contributed by atoms with E-state index in [1.807, 2.05) is 32.0 Å². The van der Waals surface area contributed by atoms with E-state index in [2.05, 4.69) is 5.32 Å². The van der Waals surface area contributed by atoms with Crippen molar-refractivity contribution in [1.82, 2.24) is 5.32 Å². The Bertz CT molecular complexity index is 613. The fraction of sp³-hybridized carbons (Fsp3) is 0.250. The average molecular weight is 312 g/mol. The molecule has 0 radical (unpaired) electrons. The van der Waals surface area contributed by atoms with E-state index in [0.717, 1.165) is 17.7 Å². The standard InChI is InChI=1S/C16H16Cl2FN/c1-3-20-16(13-7-6-12(18)9-15(13)19)14-8-11(17)5-4-10(14)2/h4-9,16,20H,3H2,1-2H3. The monoisotopic (exact) mass is 311 g/mol. The number of nitrogens with one attached hydrogen (secondary N) is 1. The van der Waals surface area contributed by atoms with E-state index >= 15 is 0 Å². The molecule has 0 aliphatic heterocycles. The molecule has 106 valence electrons. The van der Waals surface area contributed by atoms with Crippen LogP contribution in [-0.4, -0.2) is 6.54 Å². The first-order valence-corrected chi connectivity index (χ1v) is 7.23. The topological polar surface area (TPSA) is 12.0 Å². The van der Waals surface area contributed by atoms with Gasteiger partial charge in [0.1, 0.15) is 5.82 Å². The van der Waals surface area contributed by atoms with Gasteiger partial charge in [0.2, 0.25) is 0 Å². The summed E-state index contributed by atoms with van der Waals surface area (Å²) >= 11 is 11.9. The highest BCUT2D eigenvalue weighted by molar-refractivity contribution is 6.30. The van der Waals surface area contributed by atoms with E-state index in [1.165, 1.54) is 6.07 Å². The van der Waals surface area contributed by atoms with Crippen LogP contribution in [0.1, 0.15) is 29.7 Å². The van der Waals surface area contributed by atoms with E-state index in [-0.39, 0.29) is 11.9 Å². The van der Waals surface area contributed by atoms with Gasteiger partial charge in [-0.05, 0) is 48.9 Å². The van der Waals surface area contributed by atoms with Crippen molar-refractivity contribution in [3.05, 3.63) is 69.0 Å². The molecule has 0 saturated carbocycles. The summed E-state index contributed by atoms with van der Waals surface area (Å²) < 4.78 is 14.2. The van der Waals surface area contributed by atoms with Crippen molar-refractivity contribution in [2.75, 3.05) is 6.54 Å². The molecule has 1 unspecified atom stereocenters. The van der Waals surface area contributed by atoms with Crippen molar-refractivity contribution in [3.63, 3.8) is 0 Å². The lowest BCUT2D eigenvalue weighted by molar-refractivity contribution is 0.558. The molecule has 0 aliphatic rings. The lowest BCUT2D eigenvalue weighted by Gasteiger charge is -2.22. The average Bonchev–Trinajstić information content (AvgIpc) is 2.40. The molecule has 0 spiro atoms. The molecular weight excluding hydrogens is 296 g/mol. The van der Waals surface area contributed by atoms with Gasteiger partial charge in [0.25, 0.3) is 0 Å². The zero-order valence-electron chi connectivity index (χ0n) is 11.4. The van der Waals surface area contributed by atoms with Gasteiger partial charge in [-0.15, -0.1) is 0 Å². The Hall–Kier alpha value is -1.09. The van der Waals surface area contributed by atoms with Gasteiger partial charge in [-0.1, -0.05) is 42.3 Å². The van der Waals surface area contributed by atoms with Crippen LogP contribution in [0.2, 0.25) is 10.0 Å². The lowest BCUT2D eigenvalue weighted by atomic mass is 9.94. The van der Waals surface area contributed by atoms with Crippen LogP contribution in [0.5, 0.6) is 0 Å². The maximum absolute atomic E-state index is 14.2. The minimum atomic E-state index is -0.317. The molecule has 1 nitrogen and oxygen atoms in total. The van der Waals surface area contributed by atoms with Gasteiger partial charge in [-0.3, -0.25) is 0 Å². The predicted molar refractivity (Wildman–Crippen MR) is 83.1 cm³/mol. The minimum Gasteiger partial charge on any atom is -0.306 e. The molecular formula is C16H16Cl2FN. The summed E-state index contributed by atoms with van der Waals surface area (Å²) in [5, 5.41) is 4.34. The maximum Gasteiger partial charge on any atom is 0.129 e. The van der Waals surface area contributed by atoms with E-state index in [0.29, 0.717) is 15.6 Å². The zero-order chi connectivity index (χ0) is 14.7. The Morgan fingerprint density at radius 1 is 1.05 bits per heavy atom. The first kappa shape index (κ1) is 15.3. The van der Waals surface area contributed by atoms with Crippen molar-refractivity contribution >= 4 is 23.2 Å². The Kier molecular flexibility index (Phi) is 5.03. The van der Waals surface area contributed by atoms with Crippen LogP contribution in [0, 0.1) is 12.7 Å². The van der Waals surface area contributed by atoms with Crippen LogP contribution in [-0.2, 0) is 0 Å². The summed E-state index contributed by atoms with van der Waals surface area (Å²) in [5.74, 6) is -0.317. The van der Waals surface area contributed by atoms with Crippen LogP contribution < -0.4 is 5.32 Å². The van der Waals surface area contributed by atoms with Gasteiger partial charge < -0.3 is 5.32 Å². The Balaban J connectivity index is 2.53. The number of aryl methyl sites for hydroxylation is 1. The molecule has 0 heterocycles. The molecule has 0 aliphatic carbocycles. The number of hydrogen-bond acceptors (Lipinski definition) is 1. The molecule has 0 fully saturated rings. The summed E-state index contributed by atoms with van der Waals surface area (Å²) in [6, 6.07) is 10.2. The molecule has 2 aromatic rings. The van der Waals surface area contributed by atoms with Crippen molar-refractivity contribution in [2.24, 2.45) is 0 Å². The number of hydrogen-bond donors (Lipinski definition) is 1. The van der Waals surface area contributed by atoms with Crippen LogP contribution in [0.4, 0.5) is 4.39 Å². The third-order valence-electron chi connectivity index (χ3n) is 3.23. The van der Waals surface area contributed by atoms with Gasteiger partial charge in [0, 0.05) is 15.6 Å². The molecule has 20 heavy (non-hydrogen) atoms. The predicted octanol–water partition coefficient (Wildman–Crippen LogP) is 5.14. The number of rotatable bonds is 4. The van der Waals surface area contributed by atoms with Crippen molar-refractivity contribution in [1.29, 1.82) is 0 Å². The van der Waals surface area contributed by atoms with Crippen LogP contribution >= 0.6 is 23.2 Å². The van der Waals surface area contributed by atoms with Gasteiger partial charge in [-0.25, -0.2) is 4.39 Å². The second-order valence-corrected chi connectivity index (χ2v) is 5.53. The second-order valence-electron chi connectivity index (χ2n) is 4.66. The number of benzene rings is 2. The van der Waals surface area contributed by atoms with E-state index < -0.39 is 0 Å². The largest absolute Gasteiger partial charge is 0.306 e. The summed E-state index contributed by atoms with van der Waals surface area (Å²) in [6.45, 7) is 4.70. The highest BCUT2D eigenvalue weighted by atomic mass is 35.5. The Morgan fingerprint density at radius 2 is 1.70 bits per heavy atom. The molecule has 0 bridgehead atoms. The Morgan fingerprint density at radius 3 is 2.35 bits per heavy atom. The quantitative estimate of drug-likeness (QED) is 0.824. The van der Waals surface area contributed by atoms with Crippen LogP contribution in [0.15, 0.2) is 36.4 Å². The third kappa shape index (κ3) is 3.32. The lowest BCUT2D eigenvalue weighted by Crippen LogP contribution is -2.23. The summed E-state index contributed by atoms with van der Waals surface area (Å²) in [6.07, 6.45) is 0. The van der Waals surface area contributed by atoms with Gasteiger partial charge in [-0.2, -0.15) is 0 Å². The Labute approximate surface area is 128 Å². The van der Waals surface area contributed by atoms with Crippen molar-refractivity contribution in [3.8, 4) is 0 Å². The molecule has 4 heteroatoms. The van der Waals surface area contributed by atoms with Crippen molar-refractivity contribution < 1.29 is 4.39 Å². The minimum absolute atomic E-state index is 0.240. The first-order chi connectivity index (χ1) is 9.52. The highest BCUT2D eigenvalue weighted by Gasteiger charge is 2.19. The molecule has 0 saturated heterocycles. The fourth-order valence-electron chi connectivity index (χ4n) is 2.25. The first-order valence-electron chi connectivity index (χ1n) is 6.47.